The Morgan fingerprint density at radius 1 is 1.15 bits per heavy atom. The Morgan fingerprint density at radius 2 is 1.81 bits per heavy atom. The van der Waals surface area contributed by atoms with Crippen LogP contribution < -0.4 is 9.88 Å². The van der Waals surface area contributed by atoms with Crippen LogP contribution in [0.3, 0.4) is 0 Å². The lowest BCUT2D eigenvalue weighted by molar-refractivity contribution is 0.385. The highest BCUT2D eigenvalue weighted by Crippen LogP contribution is 2.36. The summed E-state index contributed by atoms with van der Waals surface area (Å²) in [7, 11) is -2.39. The van der Waals surface area contributed by atoms with Crippen LogP contribution in [0.2, 0.25) is 0 Å². The van der Waals surface area contributed by atoms with Gasteiger partial charge in [-0.2, -0.15) is 0 Å². The number of hydrogen-bond donors (Lipinski definition) is 1. The van der Waals surface area contributed by atoms with E-state index in [2.05, 4.69) is 5.16 Å². The second-order valence-electron chi connectivity index (χ2n) is 5.60. The van der Waals surface area contributed by atoms with Crippen molar-refractivity contribution in [3.8, 4) is 28.1 Å². The number of hydrogen-bond acceptors (Lipinski definition) is 5. The number of methoxy groups -OCH3 is 1. The van der Waals surface area contributed by atoms with Crippen LogP contribution in [0.4, 0.5) is 4.39 Å². The van der Waals surface area contributed by atoms with Crippen LogP contribution in [-0.2, 0) is 16.4 Å². The molecule has 0 radical (unpaired) electrons. The van der Waals surface area contributed by atoms with Crippen LogP contribution in [0.5, 0.6) is 5.75 Å². The standard InChI is InChI=1S/C18H17FN2O4S/c1-3-15-17(11-4-7-13(8-5-11)26(20,22)23)18(21-25-15)12-6-9-16(24-2)14(19)10-12/h4-10H,3H2,1-2H3,(H2,20,22,23). The molecule has 0 amide bonds. The predicted octanol–water partition coefficient (Wildman–Crippen LogP) is 3.37. The number of aromatic nitrogens is 1. The summed E-state index contributed by atoms with van der Waals surface area (Å²) < 4.78 is 47.3. The Bertz CT molecular complexity index is 1040. The third-order valence-electron chi connectivity index (χ3n) is 3.98. The molecular formula is C18H17FN2O4S. The fourth-order valence-corrected chi connectivity index (χ4v) is 3.20. The van der Waals surface area contributed by atoms with Gasteiger partial charge >= 0.3 is 0 Å². The molecule has 0 bridgehead atoms. The van der Waals surface area contributed by atoms with Gasteiger partial charge in [0.2, 0.25) is 10.0 Å². The summed E-state index contributed by atoms with van der Waals surface area (Å²) >= 11 is 0. The summed E-state index contributed by atoms with van der Waals surface area (Å²) in [5.41, 5.74) is 2.36. The topological polar surface area (TPSA) is 95.4 Å². The van der Waals surface area contributed by atoms with Gasteiger partial charge in [0.25, 0.3) is 0 Å². The van der Waals surface area contributed by atoms with Gasteiger partial charge in [-0.1, -0.05) is 24.2 Å². The molecular weight excluding hydrogens is 359 g/mol. The second kappa shape index (κ2) is 6.89. The van der Waals surface area contributed by atoms with E-state index >= 15 is 0 Å². The Labute approximate surface area is 150 Å². The van der Waals surface area contributed by atoms with Crippen molar-refractivity contribution < 1.29 is 22.1 Å². The zero-order valence-corrected chi connectivity index (χ0v) is 15.0. The summed E-state index contributed by atoms with van der Waals surface area (Å²) in [6, 6.07) is 10.6. The van der Waals surface area contributed by atoms with Crippen molar-refractivity contribution >= 4 is 10.0 Å². The highest BCUT2D eigenvalue weighted by atomic mass is 32.2. The maximum atomic E-state index is 14.1. The first-order valence-corrected chi connectivity index (χ1v) is 9.35. The van der Waals surface area contributed by atoms with E-state index in [1.54, 1.807) is 18.2 Å². The van der Waals surface area contributed by atoms with E-state index in [1.807, 2.05) is 6.92 Å². The van der Waals surface area contributed by atoms with Gasteiger partial charge in [-0.05, 0) is 35.9 Å². The highest BCUT2D eigenvalue weighted by molar-refractivity contribution is 7.89. The van der Waals surface area contributed by atoms with E-state index in [1.165, 1.54) is 31.4 Å². The van der Waals surface area contributed by atoms with Gasteiger partial charge in [0.15, 0.2) is 11.6 Å². The lowest BCUT2D eigenvalue weighted by Gasteiger charge is -2.07. The summed E-state index contributed by atoms with van der Waals surface area (Å²) in [4.78, 5) is 0.00722. The number of ether oxygens (including phenoxy) is 1. The quantitative estimate of drug-likeness (QED) is 0.737. The Hall–Kier alpha value is -2.71. The van der Waals surface area contributed by atoms with Crippen molar-refractivity contribution in [3.05, 3.63) is 54.0 Å². The average Bonchev–Trinajstić information content (AvgIpc) is 3.05. The molecule has 8 heteroatoms. The van der Waals surface area contributed by atoms with E-state index in [-0.39, 0.29) is 10.6 Å². The maximum Gasteiger partial charge on any atom is 0.238 e. The van der Waals surface area contributed by atoms with Gasteiger partial charge in [-0.15, -0.1) is 0 Å². The molecule has 0 spiro atoms. The Kier molecular flexibility index (Phi) is 4.80. The van der Waals surface area contributed by atoms with Crippen molar-refractivity contribution in [2.45, 2.75) is 18.2 Å². The molecule has 0 aliphatic carbocycles. The molecule has 1 aromatic heterocycles. The number of benzene rings is 2. The number of sulfonamides is 1. The third-order valence-corrected chi connectivity index (χ3v) is 4.91. The van der Waals surface area contributed by atoms with Gasteiger partial charge in [0.05, 0.1) is 17.6 Å². The van der Waals surface area contributed by atoms with E-state index < -0.39 is 15.8 Å². The summed E-state index contributed by atoms with van der Waals surface area (Å²) in [6.07, 6.45) is 0.567. The summed E-state index contributed by atoms with van der Waals surface area (Å²) in [6.45, 7) is 1.90. The number of nitrogens with zero attached hydrogens (tertiary/aromatic N) is 1. The van der Waals surface area contributed by atoms with Gasteiger partial charge in [0, 0.05) is 12.0 Å². The number of rotatable bonds is 5. The molecule has 0 unspecified atom stereocenters. The fourth-order valence-electron chi connectivity index (χ4n) is 2.69. The van der Waals surface area contributed by atoms with Crippen LogP contribution in [-0.4, -0.2) is 20.7 Å². The molecule has 0 atom stereocenters. The minimum absolute atomic E-state index is 0.00722. The van der Waals surface area contributed by atoms with Crippen LogP contribution >= 0.6 is 0 Å². The molecule has 1 heterocycles. The first-order valence-electron chi connectivity index (χ1n) is 7.80. The number of halogens is 1. The third kappa shape index (κ3) is 3.33. The van der Waals surface area contributed by atoms with E-state index in [9.17, 15) is 12.8 Å². The van der Waals surface area contributed by atoms with Gasteiger partial charge in [-0.3, -0.25) is 0 Å². The van der Waals surface area contributed by atoms with E-state index in [0.29, 0.717) is 34.6 Å². The molecule has 0 saturated carbocycles. The molecule has 136 valence electrons. The summed E-state index contributed by atoms with van der Waals surface area (Å²) in [5.74, 6) is 0.230. The number of aryl methyl sites for hydroxylation is 1. The molecule has 3 aromatic rings. The largest absolute Gasteiger partial charge is 0.494 e. The Balaban J connectivity index is 2.13. The SMILES string of the molecule is CCc1onc(-c2ccc(OC)c(F)c2)c1-c1ccc(S(N)(=O)=O)cc1. The highest BCUT2D eigenvalue weighted by Gasteiger charge is 2.20. The van der Waals surface area contributed by atoms with E-state index in [0.717, 1.165) is 0 Å². The monoisotopic (exact) mass is 376 g/mol. The van der Waals surface area contributed by atoms with Crippen LogP contribution in [0.1, 0.15) is 12.7 Å². The molecule has 0 saturated heterocycles. The predicted molar refractivity (Wildman–Crippen MR) is 94.6 cm³/mol. The first-order chi connectivity index (χ1) is 12.3. The molecule has 0 fully saturated rings. The molecule has 26 heavy (non-hydrogen) atoms. The van der Waals surface area contributed by atoms with E-state index in [4.69, 9.17) is 14.4 Å². The smallest absolute Gasteiger partial charge is 0.238 e. The molecule has 2 aromatic carbocycles. The molecule has 2 N–H and O–H groups in total. The fraction of sp³-hybridized carbons (Fsp3) is 0.167. The average molecular weight is 376 g/mol. The van der Waals surface area contributed by atoms with Crippen molar-refractivity contribution in [1.29, 1.82) is 0 Å². The minimum atomic E-state index is -3.78. The van der Waals surface area contributed by atoms with Crippen LogP contribution in [0.15, 0.2) is 51.9 Å². The summed E-state index contributed by atoms with van der Waals surface area (Å²) in [5, 5.41) is 9.21. The Morgan fingerprint density at radius 3 is 2.35 bits per heavy atom. The minimum Gasteiger partial charge on any atom is -0.494 e. The van der Waals surface area contributed by atoms with Crippen LogP contribution in [0.25, 0.3) is 22.4 Å². The van der Waals surface area contributed by atoms with Crippen LogP contribution in [0, 0.1) is 5.82 Å². The lowest BCUT2D eigenvalue weighted by atomic mass is 9.98. The molecule has 6 nitrogen and oxygen atoms in total. The van der Waals surface area contributed by atoms with Crippen molar-refractivity contribution in [1.82, 2.24) is 5.16 Å². The van der Waals surface area contributed by atoms with Gasteiger partial charge in [0.1, 0.15) is 11.5 Å². The van der Waals surface area contributed by atoms with Crippen molar-refractivity contribution in [2.24, 2.45) is 5.14 Å². The normalized spacial score (nSPS) is 11.5. The van der Waals surface area contributed by atoms with Crippen molar-refractivity contribution in [3.63, 3.8) is 0 Å². The number of nitrogens with two attached hydrogens (primary N) is 1. The second-order valence-corrected chi connectivity index (χ2v) is 7.16. The lowest BCUT2D eigenvalue weighted by Crippen LogP contribution is -2.11. The zero-order valence-electron chi connectivity index (χ0n) is 14.2. The molecule has 0 aliphatic rings. The molecule has 3 rings (SSSR count). The molecule has 0 aliphatic heterocycles. The van der Waals surface area contributed by atoms with Gasteiger partial charge in [-0.25, -0.2) is 17.9 Å². The first kappa shape index (κ1) is 18.1. The number of primary sulfonamides is 1. The van der Waals surface area contributed by atoms with Gasteiger partial charge < -0.3 is 9.26 Å². The zero-order chi connectivity index (χ0) is 18.9. The maximum absolute atomic E-state index is 14.1. The van der Waals surface area contributed by atoms with Crippen molar-refractivity contribution in [2.75, 3.05) is 7.11 Å².